The largest absolute Gasteiger partial charge is 0.417 e. The van der Waals surface area contributed by atoms with Gasteiger partial charge >= 0.3 is 6.18 Å². The molecule has 0 aliphatic carbocycles. The maximum atomic E-state index is 13.7. The molecule has 0 N–H and O–H groups in total. The van der Waals surface area contributed by atoms with Crippen molar-refractivity contribution in [2.24, 2.45) is 0 Å². The van der Waals surface area contributed by atoms with Gasteiger partial charge in [-0.05, 0) is 30.7 Å². The molecule has 0 aromatic heterocycles. The van der Waals surface area contributed by atoms with Gasteiger partial charge in [-0.2, -0.15) is 13.2 Å². The summed E-state index contributed by atoms with van der Waals surface area (Å²) in [6, 6.07) is 7.07. The van der Waals surface area contributed by atoms with E-state index in [1.807, 2.05) is 0 Å². The molecule has 0 saturated heterocycles. The van der Waals surface area contributed by atoms with Crippen molar-refractivity contribution in [2.75, 3.05) is 0 Å². The summed E-state index contributed by atoms with van der Waals surface area (Å²) in [6.07, 6.45) is -4.65. The summed E-state index contributed by atoms with van der Waals surface area (Å²) in [7, 11) is 0. The summed E-state index contributed by atoms with van der Waals surface area (Å²) < 4.78 is 65.2. The Bertz CT molecular complexity index is 614. The predicted octanol–water partition coefficient (Wildman–Crippen LogP) is 4.76. The van der Waals surface area contributed by atoms with Crippen LogP contribution in [0.4, 0.5) is 22.0 Å². The van der Waals surface area contributed by atoms with E-state index < -0.39 is 23.4 Å². The standard InChI is InChI=1S/C14H8F5/c1-8-3-2-4-11(14(17,18)19)13(8)10-6-5-9(15)7-12(10)16/h2-3,5-7H,1H3. The second-order valence-electron chi connectivity index (χ2n) is 4.03. The fourth-order valence-corrected chi connectivity index (χ4v) is 1.87. The van der Waals surface area contributed by atoms with Crippen molar-refractivity contribution >= 4 is 0 Å². The van der Waals surface area contributed by atoms with Crippen LogP contribution in [0.5, 0.6) is 0 Å². The molecule has 0 saturated carbocycles. The molecule has 19 heavy (non-hydrogen) atoms. The van der Waals surface area contributed by atoms with E-state index in [4.69, 9.17) is 0 Å². The highest BCUT2D eigenvalue weighted by Crippen LogP contribution is 2.39. The second kappa shape index (κ2) is 4.64. The summed E-state index contributed by atoms with van der Waals surface area (Å²) in [5, 5.41) is 0. The average molecular weight is 271 g/mol. The molecule has 0 amide bonds. The molecular weight excluding hydrogens is 263 g/mol. The van der Waals surface area contributed by atoms with E-state index in [0.717, 1.165) is 18.2 Å². The molecule has 1 radical (unpaired) electrons. The summed E-state index contributed by atoms with van der Waals surface area (Å²) >= 11 is 0. The fraction of sp³-hybridized carbons (Fsp3) is 0.143. The minimum atomic E-state index is -4.65. The average Bonchev–Trinajstić information content (AvgIpc) is 2.28. The van der Waals surface area contributed by atoms with Crippen molar-refractivity contribution < 1.29 is 22.0 Å². The summed E-state index contributed by atoms with van der Waals surface area (Å²) in [5.74, 6) is -1.87. The smallest absolute Gasteiger partial charge is 0.207 e. The summed E-state index contributed by atoms with van der Waals surface area (Å²) in [5.41, 5.74) is -1.41. The van der Waals surface area contributed by atoms with Gasteiger partial charge in [-0.3, -0.25) is 0 Å². The molecule has 0 unspecified atom stereocenters. The quantitative estimate of drug-likeness (QED) is 0.656. The number of aryl methyl sites for hydroxylation is 1. The first-order valence-corrected chi connectivity index (χ1v) is 5.34. The van der Waals surface area contributed by atoms with E-state index in [0.29, 0.717) is 6.07 Å². The lowest BCUT2D eigenvalue weighted by Crippen LogP contribution is -2.09. The van der Waals surface area contributed by atoms with E-state index in [1.165, 1.54) is 13.0 Å². The number of alkyl halides is 3. The van der Waals surface area contributed by atoms with Gasteiger partial charge in [-0.25, -0.2) is 8.78 Å². The molecule has 99 valence electrons. The highest BCUT2D eigenvalue weighted by molar-refractivity contribution is 5.71. The van der Waals surface area contributed by atoms with Crippen molar-refractivity contribution in [1.29, 1.82) is 0 Å². The van der Waals surface area contributed by atoms with Gasteiger partial charge in [0.2, 0.25) is 0 Å². The molecule has 2 rings (SSSR count). The van der Waals surface area contributed by atoms with Gasteiger partial charge in [-0.1, -0.05) is 12.1 Å². The molecule has 2 aromatic carbocycles. The van der Waals surface area contributed by atoms with Crippen molar-refractivity contribution in [3.63, 3.8) is 0 Å². The Labute approximate surface area is 106 Å². The maximum Gasteiger partial charge on any atom is 0.417 e. The Morgan fingerprint density at radius 2 is 1.74 bits per heavy atom. The van der Waals surface area contributed by atoms with Crippen molar-refractivity contribution in [1.82, 2.24) is 0 Å². The number of halogens is 5. The number of rotatable bonds is 1. The van der Waals surface area contributed by atoms with Crippen LogP contribution in [-0.2, 0) is 6.18 Å². The minimum Gasteiger partial charge on any atom is -0.207 e. The van der Waals surface area contributed by atoms with Gasteiger partial charge in [0.05, 0.1) is 5.56 Å². The molecule has 0 atom stereocenters. The third kappa shape index (κ3) is 2.59. The van der Waals surface area contributed by atoms with Gasteiger partial charge in [0, 0.05) is 17.2 Å². The van der Waals surface area contributed by atoms with Crippen LogP contribution in [0.2, 0.25) is 0 Å². The van der Waals surface area contributed by atoms with Crippen LogP contribution in [0.15, 0.2) is 30.3 Å². The van der Waals surface area contributed by atoms with Crippen LogP contribution in [0.25, 0.3) is 11.1 Å². The van der Waals surface area contributed by atoms with Gasteiger partial charge in [-0.15, -0.1) is 0 Å². The number of benzene rings is 2. The Hall–Kier alpha value is -1.91. The number of hydrogen-bond acceptors (Lipinski definition) is 0. The van der Waals surface area contributed by atoms with Crippen LogP contribution in [0, 0.1) is 24.6 Å². The first-order chi connectivity index (χ1) is 8.80. The summed E-state index contributed by atoms with van der Waals surface area (Å²) in [6.45, 7) is 1.43. The zero-order chi connectivity index (χ0) is 14.2. The molecule has 0 spiro atoms. The lowest BCUT2D eigenvalue weighted by molar-refractivity contribution is -0.137. The van der Waals surface area contributed by atoms with Gasteiger partial charge < -0.3 is 0 Å². The lowest BCUT2D eigenvalue weighted by Gasteiger charge is -2.15. The highest BCUT2D eigenvalue weighted by atomic mass is 19.4. The van der Waals surface area contributed by atoms with Gasteiger partial charge in [0.1, 0.15) is 11.6 Å². The molecule has 0 nitrogen and oxygen atoms in total. The topological polar surface area (TPSA) is 0 Å². The van der Waals surface area contributed by atoms with E-state index in [1.54, 1.807) is 0 Å². The zero-order valence-corrected chi connectivity index (χ0v) is 9.78. The molecule has 0 bridgehead atoms. The van der Waals surface area contributed by atoms with Crippen molar-refractivity contribution in [2.45, 2.75) is 13.1 Å². The maximum absolute atomic E-state index is 13.7. The molecule has 0 aliphatic heterocycles. The zero-order valence-electron chi connectivity index (χ0n) is 9.78. The molecular formula is C14H8F5. The predicted molar refractivity (Wildman–Crippen MR) is 60.4 cm³/mol. The van der Waals surface area contributed by atoms with Crippen LogP contribution in [0.1, 0.15) is 11.1 Å². The van der Waals surface area contributed by atoms with Crippen molar-refractivity contribution in [3.8, 4) is 11.1 Å². The first kappa shape index (κ1) is 13.5. The highest BCUT2D eigenvalue weighted by Gasteiger charge is 2.35. The van der Waals surface area contributed by atoms with Crippen molar-refractivity contribution in [3.05, 3.63) is 59.2 Å². The SMILES string of the molecule is Cc1cc[c]c(C(F)(F)F)c1-c1ccc(F)cc1F. The molecule has 5 heteroatoms. The molecule has 0 aliphatic rings. The van der Waals surface area contributed by atoms with Crippen LogP contribution >= 0.6 is 0 Å². The Morgan fingerprint density at radius 3 is 2.32 bits per heavy atom. The Morgan fingerprint density at radius 1 is 1.05 bits per heavy atom. The second-order valence-corrected chi connectivity index (χ2v) is 4.03. The third-order valence-corrected chi connectivity index (χ3v) is 2.69. The van der Waals surface area contributed by atoms with E-state index in [2.05, 4.69) is 6.07 Å². The van der Waals surface area contributed by atoms with E-state index in [9.17, 15) is 22.0 Å². The van der Waals surface area contributed by atoms with E-state index in [-0.39, 0.29) is 16.7 Å². The van der Waals surface area contributed by atoms with Crippen LogP contribution in [0.3, 0.4) is 0 Å². The Kier molecular flexibility index (Phi) is 3.30. The minimum absolute atomic E-state index is 0.247. The van der Waals surface area contributed by atoms with Crippen LogP contribution < -0.4 is 0 Å². The van der Waals surface area contributed by atoms with Crippen LogP contribution in [-0.4, -0.2) is 0 Å². The molecule has 2 aromatic rings. The fourth-order valence-electron chi connectivity index (χ4n) is 1.87. The molecule has 0 heterocycles. The van der Waals surface area contributed by atoms with Gasteiger partial charge in [0.15, 0.2) is 0 Å². The third-order valence-electron chi connectivity index (χ3n) is 2.69. The van der Waals surface area contributed by atoms with E-state index >= 15 is 0 Å². The first-order valence-electron chi connectivity index (χ1n) is 5.34. The lowest BCUT2D eigenvalue weighted by atomic mass is 9.94. The number of hydrogen-bond donors (Lipinski definition) is 0. The summed E-state index contributed by atoms with van der Waals surface area (Å²) in [4.78, 5) is 0. The molecule has 0 fully saturated rings. The monoisotopic (exact) mass is 271 g/mol. The Balaban J connectivity index is 2.74. The van der Waals surface area contributed by atoms with Gasteiger partial charge in [0.25, 0.3) is 0 Å². The normalized spacial score (nSPS) is 11.7.